The van der Waals surface area contributed by atoms with Crippen molar-refractivity contribution in [3.05, 3.63) is 23.3 Å². The maximum atomic E-state index is 11.3. The quantitative estimate of drug-likeness (QED) is 0.207. The molecule has 1 unspecified atom stereocenters. The Kier molecular flexibility index (Phi) is 9.56. The van der Waals surface area contributed by atoms with Gasteiger partial charge in [-0.3, -0.25) is 9.36 Å². The molecule has 6 nitrogen and oxygen atoms in total. The van der Waals surface area contributed by atoms with Gasteiger partial charge in [0, 0.05) is 6.42 Å². The second-order valence-electron chi connectivity index (χ2n) is 5.68. The first-order valence-electron chi connectivity index (χ1n) is 7.15. The lowest BCUT2D eigenvalue weighted by Gasteiger charge is -2.18. The molecule has 8 heteroatoms. The van der Waals surface area contributed by atoms with Crippen LogP contribution in [0, 0.1) is 0 Å². The molecule has 0 aliphatic carbocycles. The Morgan fingerprint density at radius 3 is 2.18 bits per heavy atom. The van der Waals surface area contributed by atoms with Crippen LogP contribution >= 0.6 is 15.3 Å². The van der Waals surface area contributed by atoms with Gasteiger partial charge >= 0.3 is 21.3 Å². The molecule has 0 fully saturated rings. The third-order valence-electron chi connectivity index (χ3n) is 3.23. The lowest BCUT2D eigenvalue weighted by Crippen LogP contribution is -2.14. The fourth-order valence-electron chi connectivity index (χ4n) is 1.99. The lowest BCUT2D eigenvalue weighted by molar-refractivity contribution is 0.356. The topological polar surface area (TPSA) is 115 Å². The van der Waals surface area contributed by atoms with Crippen LogP contribution in [0.1, 0.15) is 52.9 Å². The zero-order valence-corrected chi connectivity index (χ0v) is 15.1. The van der Waals surface area contributed by atoms with Gasteiger partial charge in [0.25, 0.3) is 0 Å². The Labute approximate surface area is 132 Å². The molecule has 0 aliphatic heterocycles. The van der Waals surface area contributed by atoms with E-state index in [2.05, 4.69) is 6.08 Å². The first-order chi connectivity index (χ1) is 10.0. The van der Waals surface area contributed by atoms with Crippen molar-refractivity contribution in [2.24, 2.45) is 0 Å². The molecule has 1 atom stereocenters. The van der Waals surface area contributed by atoms with Crippen molar-refractivity contribution in [1.82, 2.24) is 0 Å². The van der Waals surface area contributed by atoms with E-state index in [-0.39, 0.29) is 12.4 Å². The number of allylic oxidation sites excluding steroid dienone is 4. The molecular formula is C14H27O6P2+. The van der Waals surface area contributed by atoms with E-state index < -0.39 is 20.7 Å². The molecule has 0 amide bonds. The van der Waals surface area contributed by atoms with E-state index in [1.54, 1.807) is 0 Å². The maximum absolute atomic E-state index is 11.3. The lowest BCUT2D eigenvalue weighted by atomic mass is 10.1. The molecule has 0 saturated carbocycles. The number of hydrogen-bond donors (Lipinski definition) is 4. The number of unbranched alkanes of at least 4 members (excludes halogenated alkanes) is 1. The summed E-state index contributed by atoms with van der Waals surface area (Å²) in [6, 6.07) is -0.128. The standard InChI is InChI=1S/C14H26O6P2/c1-12(2)7-6-9-13(3)8-4-5-10-14(22(18,19)20)21(16,17)11-15/h7-8,11,14,16-17H,4-6,9-10H2,1-3H3,(H-,18,19,20)/p+1. The molecule has 0 rings (SSSR count). The third kappa shape index (κ3) is 8.94. The molecule has 4 N–H and O–H groups in total. The van der Waals surface area contributed by atoms with E-state index in [0.29, 0.717) is 12.8 Å². The van der Waals surface area contributed by atoms with Gasteiger partial charge in [-0.25, -0.2) is 9.79 Å². The van der Waals surface area contributed by atoms with E-state index in [9.17, 15) is 19.1 Å². The van der Waals surface area contributed by atoms with Gasteiger partial charge < -0.3 is 9.79 Å². The van der Waals surface area contributed by atoms with Crippen LogP contribution in [0.15, 0.2) is 23.3 Å². The fraction of sp³-hybridized carbons (Fsp3) is 0.643. The monoisotopic (exact) mass is 353 g/mol. The van der Waals surface area contributed by atoms with Crippen LogP contribution in [0.25, 0.3) is 0 Å². The van der Waals surface area contributed by atoms with Gasteiger partial charge in [-0.15, -0.1) is 0 Å². The van der Waals surface area contributed by atoms with Gasteiger partial charge in [-0.05, 0) is 46.5 Å². The number of carbonyl (C=O) groups excluding carboxylic acids is 1. The van der Waals surface area contributed by atoms with Crippen LogP contribution in [-0.4, -0.2) is 31.0 Å². The summed E-state index contributed by atoms with van der Waals surface area (Å²) in [5.74, 6) is 0. The van der Waals surface area contributed by atoms with Gasteiger partial charge in [0.15, 0.2) is 0 Å². The van der Waals surface area contributed by atoms with Crippen LogP contribution in [0.4, 0.5) is 0 Å². The minimum Gasteiger partial charge on any atom is -0.322 e. The minimum atomic E-state index is -4.72. The SMILES string of the molecule is CC(C)=CCCC(C)=CCCCC(P(=O)(O)O)[P+](O)(O)C=O. The van der Waals surface area contributed by atoms with E-state index in [0.717, 1.165) is 12.8 Å². The van der Waals surface area contributed by atoms with Gasteiger partial charge in [0.2, 0.25) is 5.40 Å². The smallest absolute Gasteiger partial charge is 0.322 e. The van der Waals surface area contributed by atoms with Crippen molar-refractivity contribution in [1.29, 1.82) is 0 Å². The van der Waals surface area contributed by atoms with Gasteiger partial charge in [0.05, 0.1) is 0 Å². The normalized spacial score (nSPS) is 14.6. The summed E-state index contributed by atoms with van der Waals surface area (Å²) in [6.07, 6.45) is 6.85. The second kappa shape index (κ2) is 9.71. The number of rotatable bonds is 10. The zero-order chi connectivity index (χ0) is 17.4. The van der Waals surface area contributed by atoms with Crippen LogP contribution in [0.3, 0.4) is 0 Å². The molecular weight excluding hydrogens is 326 g/mol. The molecule has 22 heavy (non-hydrogen) atoms. The predicted molar refractivity (Wildman–Crippen MR) is 90.2 cm³/mol. The van der Waals surface area contributed by atoms with E-state index in [4.69, 9.17) is 9.79 Å². The van der Waals surface area contributed by atoms with Gasteiger partial charge in [0.1, 0.15) is 0 Å². The summed E-state index contributed by atoms with van der Waals surface area (Å²) in [5, 5.41) is -1.68. The first-order valence-corrected chi connectivity index (χ1v) is 10.7. The summed E-state index contributed by atoms with van der Waals surface area (Å²) < 4.78 is 11.3. The van der Waals surface area contributed by atoms with Gasteiger partial charge in [-0.2, -0.15) is 0 Å². The molecule has 0 aromatic rings. The second-order valence-corrected chi connectivity index (χ2v) is 10.1. The average Bonchev–Trinajstić information content (AvgIpc) is 2.36. The summed E-state index contributed by atoms with van der Waals surface area (Å²) in [6.45, 7) is 6.06. The minimum absolute atomic E-state index is 0.0957. The van der Waals surface area contributed by atoms with Crippen LogP contribution < -0.4 is 0 Å². The summed E-state index contributed by atoms with van der Waals surface area (Å²) >= 11 is 0. The number of carbonyl (C=O) groups is 1. The summed E-state index contributed by atoms with van der Waals surface area (Å²) in [5.41, 5.74) is 2.44. The Morgan fingerprint density at radius 1 is 1.14 bits per heavy atom. The van der Waals surface area contributed by atoms with E-state index in [1.165, 1.54) is 11.1 Å². The highest BCUT2D eigenvalue weighted by Crippen LogP contribution is 2.67. The van der Waals surface area contributed by atoms with Crippen LogP contribution in [-0.2, 0) is 9.36 Å². The summed E-state index contributed by atoms with van der Waals surface area (Å²) in [7, 11) is -8.94. The molecule has 0 aromatic carbocycles. The van der Waals surface area contributed by atoms with E-state index >= 15 is 0 Å². The zero-order valence-electron chi connectivity index (χ0n) is 13.3. The maximum Gasteiger partial charge on any atom is 0.371 e. The van der Waals surface area contributed by atoms with Crippen molar-refractivity contribution < 1.29 is 28.9 Å². The molecule has 0 aliphatic rings. The molecule has 0 spiro atoms. The Hall–Kier alpha value is -0.350. The average molecular weight is 353 g/mol. The van der Waals surface area contributed by atoms with Crippen molar-refractivity contribution >= 4 is 21.3 Å². The predicted octanol–water partition coefficient (Wildman–Crippen LogP) is 3.38. The van der Waals surface area contributed by atoms with Crippen molar-refractivity contribution in [2.45, 2.75) is 58.3 Å². The Balaban J connectivity index is 4.44. The van der Waals surface area contributed by atoms with Crippen LogP contribution in [0.2, 0.25) is 0 Å². The highest BCUT2D eigenvalue weighted by molar-refractivity contribution is 7.87. The van der Waals surface area contributed by atoms with Crippen LogP contribution in [0.5, 0.6) is 0 Å². The molecule has 0 aromatic heterocycles. The molecule has 0 bridgehead atoms. The highest BCUT2D eigenvalue weighted by Gasteiger charge is 2.54. The third-order valence-corrected chi connectivity index (χ3v) is 7.64. The molecule has 0 saturated heterocycles. The van der Waals surface area contributed by atoms with Crippen molar-refractivity contribution in [3.63, 3.8) is 0 Å². The van der Waals surface area contributed by atoms with Crippen molar-refractivity contribution in [3.8, 4) is 0 Å². The molecule has 0 heterocycles. The largest absolute Gasteiger partial charge is 0.371 e. The molecule has 0 radical (unpaired) electrons. The highest BCUT2D eigenvalue weighted by atomic mass is 31.3. The summed E-state index contributed by atoms with van der Waals surface area (Å²) in [4.78, 5) is 47.9. The Bertz CT molecular complexity index is 460. The molecule has 128 valence electrons. The van der Waals surface area contributed by atoms with Crippen molar-refractivity contribution in [2.75, 3.05) is 0 Å². The number of hydrogen-bond acceptors (Lipinski definition) is 4. The van der Waals surface area contributed by atoms with E-state index in [1.807, 2.05) is 26.8 Å². The fourth-order valence-corrected chi connectivity index (χ4v) is 5.15. The van der Waals surface area contributed by atoms with Gasteiger partial charge in [-0.1, -0.05) is 23.3 Å². The Morgan fingerprint density at radius 2 is 1.73 bits per heavy atom. The first kappa shape index (κ1) is 21.6.